The number of halogens is 4. The summed E-state index contributed by atoms with van der Waals surface area (Å²) in [6, 6.07) is 6.86. The lowest BCUT2D eigenvalue weighted by molar-refractivity contribution is -0.139. The van der Waals surface area contributed by atoms with E-state index in [2.05, 4.69) is 26.1 Å². The predicted molar refractivity (Wildman–Crippen MR) is 73.1 cm³/mol. The number of benzene rings is 1. The fraction of sp³-hybridized carbons (Fsp3) is 0.250. The van der Waals surface area contributed by atoms with Crippen molar-refractivity contribution in [2.45, 2.75) is 18.5 Å². The van der Waals surface area contributed by atoms with E-state index in [-0.39, 0.29) is 22.8 Å². The summed E-state index contributed by atoms with van der Waals surface area (Å²) in [4.78, 5) is 11.3. The second-order valence-corrected chi connectivity index (χ2v) is 6.09. The largest absolute Gasteiger partial charge is 0.481 e. The van der Waals surface area contributed by atoms with Crippen molar-refractivity contribution in [1.82, 2.24) is 10.2 Å². The molecule has 0 radical (unpaired) electrons. The maximum absolute atomic E-state index is 12.5. The molecule has 4 nitrogen and oxygen atoms in total. The van der Waals surface area contributed by atoms with E-state index in [4.69, 9.17) is 0 Å². The summed E-state index contributed by atoms with van der Waals surface area (Å²) in [5, 5.41) is 14.3. The minimum Gasteiger partial charge on any atom is -0.481 e. The molecule has 0 amide bonds. The summed E-state index contributed by atoms with van der Waals surface area (Å²) in [6.45, 7) is 0. The van der Waals surface area contributed by atoms with Crippen molar-refractivity contribution in [2.24, 2.45) is 0 Å². The highest BCUT2D eigenvalue weighted by Gasteiger charge is 2.37. The van der Waals surface area contributed by atoms with Crippen LogP contribution in [0, 0.1) is 0 Å². The van der Waals surface area contributed by atoms with Gasteiger partial charge in [0.05, 0.1) is 0 Å². The van der Waals surface area contributed by atoms with Crippen molar-refractivity contribution in [3.63, 3.8) is 0 Å². The van der Waals surface area contributed by atoms with Gasteiger partial charge < -0.3 is 5.11 Å². The molecule has 2 aromatic rings. The highest BCUT2D eigenvalue weighted by atomic mass is 79.9. The third kappa shape index (κ3) is 4.01. The zero-order valence-corrected chi connectivity index (χ0v) is 12.7. The molecular formula is C12H8BrF3N2O2S. The van der Waals surface area contributed by atoms with Gasteiger partial charge in [-0.05, 0) is 24.1 Å². The lowest BCUT2D eigenvalue weighted by atomic mass is 10.0. The van der Waals surface area contributed by atoms with E-state index < -0.39 is 23.1 Å². The van der Waals surface area contributed by atoms with Crippen LogP contribution in [0.4, 0.5) is 13.2 Å². The van der Waals surface area contributed by atoms with Crippen LogP contribution in [0.2, 0.25) is 0 Å². The van der Waals surface area contributed by atoms with Gasteiger partial charge in [-0.1, -0.05) is 39.4 Å². The topological polar surface area (TPSA) is 63.1 Å². The first kappa shape index (κ1) is 15.9. The van der Waals surface area contributed by atoms with Crippen LogP contribution in [-0.2, 0) is 17.4 Å². The number of aromatic nitrogens is 2. The number of aliphatic carboxylic acids is 1. The van der Waals surface area contributed by atoms with Crippen molar-refractivity contribution in [2.75, 3.05) is 0 Å². The molecule has 0 saturated carbocycles. The molecule has 0 spiro atoms. The molecule has 112 valence electrons. The normalized spacial score (nSPS) is 13.1. The Morgan fingerprint density at radius 1 is 1.29 bits per heavy atom. The molecule has 1 N–H and O–H groups in total. The van der Waals surface area contributed by atoms with Gasteiger partial charge in [0.1, 0.15) is 10.9 Å². The van der Waals surface area contributed by atoms with Gasteiger partial charge in [-0.2, -0.15) is 13.2 Å². The standard InChI is InChI=1S/C12H8BrF3N2O2S/c13-7-3-1-6(2-4-7)5-8(10(19)20)9-17-18-11(21-9)12(14,15)16/h1-4,8H,5H2,(H,19,20). The summed E-state index contributed by atoms with van der Waals surface area (Å²) in [7, 11) is 0. The van der Waals surface area contributed by atoms with Crippen LogP contribution < -0.4 is 0 Å². The van der Waals surface area contributed by atoms with Crippen LogP contribution in [0.1, 0.15) is 21.5 Å². The minimum absolute atomic E-state index is 0.0507. The fourth-order valence-electron chi connectivity index (χ4n) is 1.63. The lowest BCUT2D eigenvalue weighted by Crippen LogP contribution is -2.14. The molecule has 1 atom stereocenters. The number of carbonyl (C=O) groups is 1. The third-order valence-electron chi connectivity index (χ3n) is 2.63. The average Bonchev–Trinajstić information content (AvgIpc) is 2.87. The first-order valence-electron chi connectivity index (χ1n) is 5.65. The lowest BCUT2D eigenvalue weighted by Gasteiger charge is -2.09. The summed E-state index contributed by atoms with van der Waals surface area (Å²) >= 11 is 3.51. The van der Waals surface area contributed by atoms with E-state index >= 15 is 0 Å². The zero-order valence-electron chi connectivity index (χ0n) is 10.3. The van der Waals surface area contributed by atoms with Crippen molar-refractivity contribution in [3.05, 3.63) is 44.3 Å². The maximum atomic E-state index is 12.5. The average molecular weight is 381 g/mol. The summed E-state index contributed by atoms with van der Waals surface area (Å²) < 4.78 is 38.3. The zero-order chi connectivity index (χ0) is 15.6. The first-order chi connectivity index (χ1) is 9.77. The number of hydrogen-bond acceptors (Lipinski definition) is 4. The summed E-state index contributed by atoms with van der Waals surface area (Å²) in [5.41, 5.74) is 0.689. The van der Waals surface area contributed by atoms with Crippen LogP contribution >= 0.6 is 27.3 Å². The van der Waals surface area contributed by atoms with E-state index in [1.54, 1.807) is 24.3 Å². The van der Waals surface area contributed by atoms with Crippen molar-refractivity contribution in [3.8, 4) is 0 Å². The number of nitrogens with zero attached hydrogens (tertiary/aromatic N) is 2. The Kier molecular flexibility index (Phi) is 4.62. The molecule has 21 heavy (non-hydrogen) atoms. The van der Waals surface area contributed by atoms with Gasteiger partial charge in [0.2, 0.25) is 5.01 Å². The van der Waals surface area contributed by atoms with Gasteiger partial charge >= 0.3 is 12.1 Å². The van der Waals surface area contributed by atoms with Crippen LogP contribution in [0.25, 0.3) is 0 Å². The summed E-state index contributed by atoms with van der Waals surface area (Å²) in [5.74, 6) is -2.39. The monoisotopic (exact) mass is 380 g/mol. The summed E-state index contributed by atoms with van der Waals surface area (Å²) in [6.07, 6.45) is -4.56. The molecule has 0 bridgehead atoms. The Morgan fingerprint density at radius 3 is 2.38 bits per heavy atom. The van der Waals surface area contributed by atoms with E-state index in [1.165, 1.54) is 0 Å². The van der Waals surface area contributed by atoms with Gasteiger partial charge in [0.15, 0.2) is 0 Å². The first-order valence-corrected chi connectivity index (χ1v) is 7.26. The quantitative estimate of drug-likeness (QED) is 0.877. The number of carboxylic acids is 1. The van der Waals surface area contributed by atoms with E-state index in [0.29, 0.717) is 5.56 Å². The van der Waals surface area contributed by atoms with Gasteiger partial charge in [-0.3, -0.25) is 4.79 Å². The Morgan fingerprint density at radius 2 is 1.90 bits per heavy atom. The highest BCUT2D eigenvalue weighted by Crippen LogP contribution is 2.34. The Labute approximate surface area is 129 Å². The highest BCUT2D eigenvalue weighted by molar-refractivity contribution is 9.10. The molecule has 2 rings (SSSR count). The van der Waals surface area contributed by atoms with E-state index in [9.17, 15) is 23.1 Å². The number of hydrogen-bond donors (Lipinski definition) is 1. The predicted octanol–water partition coefficient (Wildman–Crippen LogP) is 3.73. The van der Waals surface area contributed by atoms with Crippen molar-refractivity contribution in [1.29, 1.82) is 0 Å². The van der Waals surface area contributed by atoms with Crippen LogP contribution in [0.15, 0.2) is 28.7 Å². The van der Waals surface area contributed by atoms with Crippen LogP contribution in [0.5, 0.6) is 0 Å². The minimum atomic E-state index is -4.61. The number of rotatable bonds is 4. The molecule has 1 heterocycles. The smallest absolute Gasteiger partial charge is 0.445 e. The molecule has 0 aliphatic rings. The molecule has 9 heteroatoms. The molecule has 1 aromatic carbocycles. The molecule has 0 aliphatic carbocycles. The molecule has 0 saturated heterocycles. The maximum Gasteiger partial charge on any atom is 0.445 e. The molecule has 1 aromatic heterocycles. The molecular weight excluding hydrogens is 373 g/mol. The van der Waals surface area contributed by atoms with Gasteiger partial charge in [-0.15, -0.1) is 10.2 Å². The van der Waals surface area contributed by atoms with E-state index in [1.807, 2.05) is 0 Å². The van der Waals surface area contributed by atoms with Crippen molar-refractivity contribution < 1.29 is 23.1 Å². The second kappa shape index (κ2) is 6.10. The SMILES string of the molecule is O=C(O)C(Cc1ccc(Br)cc1)c1nnc(C(F)(F)F)s1. The number of carboxylic acid groups (broad SMARTS) is 1. The van der Waals surface area contributed by atoms with Gasteiger partial charge in [-0.25, -0.2) is 0 Å². The van der Waals surface area contributed by atoms with Crippen molar-refractivity contribution >= 4 is 33.2 Å². The third-order valence-corrected chi connectivity index (χ3v) is 4.24. The molecule has 0 fully saturated rings. The number of alkyl halides is 3. The fourth-order valence-corrected chi connectivity index (χ4v) is 2.69. The van der Waals surface area contributed by atoms with Gasteiger partial charge in [0, 0.05) is 4.47 Å². The van der Waals surface area contributed by atoms with Crippen LogP contribution in [-0.4, -0.2) is 21.3 Å². The Bertz CT molecular complexity index is 643. The second-order valence-electron chi connectivity index (χ2n) is 4.16. The Hall–Kier alpha value is -1.48. The van der Waals surface area contributed by atoms with Crippen LogP contribution in [0.3, 0.4) is 0 Å². The Balaban J connectivity index is 2.25. The molecule has 1 unspecified atom stereocenters. The molecule has 0 aliphatic heterocycles. The van der Waals surface area contributed by atoms with Gasteiger partial charge in [0.25, 0.3) is 0 Å². The van der Waals surface area contributed by atoms with E-state index in [0.717, 1.165) is 4.47 Å².